The number of fused-ring (bicyclic) bond motifs is 1. The predicted molar refractivity (Wildman–Crippen MR) is 87.6 cm³/mol. The molecule has 1 aliphatic heterocycles. The lowest BCUT2D eigenvalue weighted by Gasteiger charge is -2.36. The van der Waals surface area contributed by atoms with Crippen LogP contribution in [0.2, 0.25) is 0 Å². The molecule has 7 heteroatoms. The van der Waals surface area contributed by atoms with Crippen molar-refractivity contribution in [3.63, 3.8) is 0 Å². The lowest BCUT2D eigenvalue weighted by Crippen LogP contribution is -2.53. The molecule has 23 heavy (non-hydrogen) atoms. The highest BCUT2D eigenvalue weighted by Gasteiger charge is 2.27. The monoisotopic (exact) mass is 316 g/mol. The molecule has 0 radical (unpaired) electrons. The van der Waals surface area contributed by atoms with Crippen LogP contribution in [0.5, 0.6) is 0 Å². The van der Waals surface area contributed by atoms with Gasteiger partial charge in [0.25, 0.3) is 0 Å². The molecule has 0 spiro atoms. The molecule has 3 N–H and O–H groups in total. The van der Waals surface area contributed by atoms with Crippen LogP contribution in [0.1, 0.15) is 6.92 Å². The fraction of sp³-hybridized carbons (Fsp3) is 0.375. The lowest BCUT2D eigenvalue weighted by atomic mass is 10.2. The van der Waals surface area contributed by atoms with Crippen LogP contribution in [0.3, 0.4) is 0 Å². The minimum Gasteiger partial charge on any atom is -0.465 e. The minimum absolute atomic E-state index is 0.0799. The molecule has 1 atom stereocenters. The van der Waals surface area contributed by atoms with Crippen molar-refractivity contribution in [2.24, 2.45) is 0 Å². The van der Waals surface area contributed by atoms with Gasteiger partial charge in [-0.15, -0.1) is 0 Å². The van der Waals surface area contributed by atoms with Crippen molar-refractivity contribution >= 4 is 28.6 Å². The summed E-state index contributed by atoms with van der Waals surface area (Å²) in [6, 6.07) is 7.39. The first-order valence-corrected chi connectivity index (χ1v) is 7.64. The summed E-state index contributed by atoms with van der Waals surface area (Å²) in [4.78, 5) is 29.8. The Kier molecular flexibility index (Phi) is 4.20. The molecule has 1 aliphatic rings. The van der Waals surface area contributed by atoms with Gasteiger partial charge in [-0.25, -0.2) is 4.79 Å². The minimum atomic E-state index is -0.901. The summed E-state index contributed by atoms with van der Waals surface area (Å²) in [6.07, 6.45) is 0.961. The van der Waals surface area contributed by atoms with E-state index in [1.54, 1.807) is 0 Å². The number of carbonyl (C=O) groups excluding carboxylic acids is 1. The molecule has 122 valence electrons. The molecule has 3 rings (SSSR count). The van der Waals surface area contributed by atoms with Gasteiger partial charge in [0.15, 0.2) is 0 Å². The molecule has 0 bridgehead atoms. The molecule has 1 unspecified atom stereocenters. The van der Waals surface area contributed by atoms with Gasteiger partial charge in [0.1, 0.15) is 0 Å². The van der Waals surface area contributed by atoms with Crippen molar-refractivity contribution in [1.29, 1.82) is 0 Å². The van der Waals surface area contributed by atoms with Crippen LogP contribution in [0, 0.1) is 0 Å². The molecule has 2 aromatic rings. The van der Waals surface area contributed by atoms with Crippen molar-refractivity contribution in [3.05, 3.63) is 30.5 Å². The summed E-state index contributed by atoms with van der Waals surface area (Å²) >= 11 is 0. The number of H-pyrrole nitrogens is 1. The Morgan fingerprint density at radius 2 is 1.96 bits per heavy atom. The van der Waals surface area contributed by atoms with Crippen LogP contribution in [0.15, 0.2) is 30.5 Å². The Labute approximate surface area is 133 Å². The SMILES string of the molecule is CC(C(=O)Nc1ccc2[nH]ccc2c1)N1CCN(C(=O)O)CC1. The number of hydrogen-bond acceptors (Lipinski definition) is 3. The number of nitrogens with one attached hydrogen (secondary N) is 2. The van der Waals surface area contributed by atoms with E-state index in [-0.39, 0.29) is 11.9 Å². The van der Waals surface area contributed by atoms with E-state index in [1.807, 2.05) is 42.3 Å². The van der Waals surface area contributed by atoms with Gasteiger partial charge in [0.05, 0.1) is 6.04 Å². The first-order chi connectivity index (χ1) is 11.0. The number of amides is 2. The molecular weight excluding hydrogens is 296 g/mol. The zero-order valence-corrected chi connectivity index (χ0v) is 13.0. The highest BCUT2D eigenvalue weighted by molar-refractivity contribution is 5.96. The third-order valence-corrected chi connectivity index (χ3v) is 4.33. The summed E-state index contributed by atoms with van der Waals surface area (Å²) < 4.78 is 0. The number of piperazine rings is 1. The van der Waals surface area contributed by atoms with Crippen LogP contribution in [-0.2, 0) is 4.79 Å². The summed E-state index contributed by atoms with van der Waals surface area (Å²) in [7, 11) is 0. The number of hydrogen-bond donors (Lipinski definition) is 3. The molecule has 1 fully saturated rings. The number of aromatic nitrogens is 1. The third-order valence-electron chi connectivity index (χ3n) is 4.33. The Morgan fingerprint density at radius 3 is 2.65 bits per heavy atom. The Hall–Kier alpha value is -2.54. The summed E-state index contributed by atoms with van der Waals surface area (Å²) in [6.45, 7) is 3.85. The van der Waals surface area contributed by atoms with Gasteiger partial charge in [0, 0.05) is 49.0 Å². The summed E-state index contributed by atoms with van der Waals surface area (Å²) in [5, 5.41) is 12.9. The number of rotatable bonds is 3. The second-order valence-electron chi connectivity index (χ2n) is 5.75. The predicted octanol–water partition coefficient (Wildman–Crippen LogP) is 1.79. The number of carbonyl (C=O) groups is 2. The van der Waals surface area contributed by atoms with Crippen molar-refractivity contribution in [2.45, 2.75) is 13.0 Å². The normalized spacial score (nSPS) is 17.2. The number of benzene rings is 1. The standard InChI is InChI=1S/C16H20N4O3/c1-11(19-6-8-20(9-7-19)16(22)23)15(21)18-13-2-3-14-12(10-13)4-5-17-14/h2-5,10-11,17H,6-9H2,1H3,(H,18,21)(H,22,23). The highest BCUT2D eigenvalue weighted by Crippen LogP contribution is 2.18. The maximum absolute atomic E-state index is 12.4. The molecule has 0 aliphatic carbocycles. The van der Waals surface area contributed by atoms with E-state index < -0.39 is 6.09 Å². The van der Waals surface area contributed by atoms with Crippen molar-refractivity contribution in [3.8, 4) is 0 Å². The largest absolute Gasteiger partial charge is 0.465 e. The molecule has 1 aromatic carbocycles. The Balaban J connectivity index is 1.60. The van der Waals surface area contributed by atoms with Crippen molar-refractivity contribution in [1.82, 2.24) is 14.8 Å². The van der Waals surface area contributed by atoms with Gasteiger partial charge in [0.2, 0.25) is 5.91 Å². The smallest absolute Gasteiger partial charge is 0.407 e. The van der Waals surface area contributed by atoms with E-state index in [0.29, 0.717) is 26.2 Å². The van der Waals surface area contributed by atoms with E-state index in [0.717, 1.165) is 16.6 Å². The van der Waals surface area contributed by atoms with Crippen molar-refractivity contribution in [2.75, 3.05) is 31.5 Å². The van der Waals surface area contributed by atoms with E-state index >= 15 is 0 Å². The average Bonchev–Trinajstić information content (AvgIpc) is 3.01. The Bertz CT molecular complexity index is 719. The van der Waals surface area contributed by atoms with E-state index in [2.05, 4.69) is 10.3 Å². The van der Waals surface area contributed by atoms with Gasteiger partial charge in [-0.2, -0.15) is 0 Å². The Morgan fingerprint density at radius 1 is 1.22 bits per heavy atom. The number of anilines is 1. The first kappa shape index (κ1) is 15.4. The van der Waals surface area contributed by atoms with E-state index in [4.69, 9.17) is 5.11 Å². The second kappa shape index (κ2) is 6.29. The van der Waals surface area contributed by atoms with Crippen LogP contribution in [-0.4, -0.2) is 64.1 Å². The van der Waals surface area contributed by atoms with Gasteiger partial charge in [-0.3, -0.25) is 9.69 Å². The van der Waals surface area contributed by atoms with Crippen LogP contribution < -0.4 is 5.32 Å². The van der Waals surface area contributed by atoms with Gasteiger partial charge in [-0.05, 0) is 31.2 Å². The zero-order valence-electron chi connectivity index (χ0n) is 13.0. The second-order valence-corrected chi connectivity index (χ2v) is 5.75. The fourth-order valence-corrected chi connectivity index (χ4v) is 2.84. The topological polar surface area (TPSA) is 88.7 Å². The summed E-state index contributed by atoms with van der Waals surface area (Å²) in [5.41, 5.74) is 1.79. The van der Waals surface area contributed by atoms with Crippen LogP contribution >= 0.6 is 0 Å². The van der Waals surface area contributed by atoms with Gasteiger partial charge < -0.3 is 20.3 Å². The lowest BCUT2D eigenvalue weighted by molar-refractivity contribution is -0.121. The van der Waals surface area contributed by atoms with Crippen molar-refractivity contribution < 1.29 is 14.7 Å². The molecule has 1 saturated heterocycles. The maximum atomic E-state index is 12.4. The van der Waals surface area contributed by atoms with Gasteiger partial charge >= 0.3 is 6.09 Å². The number of nitrogens with zero attached hydrogens (tertiary/aromatic N) is 2. The van der Waals surface area contributed by atoms with E-state index in [1.165, 1.54) is 4.90 Å². The summed E-state index contributed by atoms with van der Waals surface area (Å²) in [5.74, 6) is -0.0799. The molecule has 2 heterocycles. The van der Waals surface area contributed by atoms with Gasteiger partial charge in [-0.1, -0.05) is 0 Å². The maximum Gasteiger partial charge on any atom is 0.407 e. The molecule has 0 saturated carbocycles. The molecule has 1 aromatic heterocycles. The number of aromatic amines is 1. The highest BCUT2D eigenvalue weighted by atomic mass is 16.4. The molecule has 7 nitrogen and oxygen atoms in total. The molecular formula is C16H20N4O3. The number of carboxylic acid groups (broad SMARTS) is 1. The zero-order chi connectivity index (χ0) is 16.4. The fourth-order valence-electron chi connectivity index (χ4n) is 2.84. The van der Waals surface area contributed by atoms with Crippen LogP contribution in [0.4, 0.5) is 10.5 Å². The quantitative estimate of drug-likeness (QED) is 0.805. The van der Waals surface area contributed by atoms with E-state index in [9.17, 15) is 9.59 Å². The first-order valence-electron chi connectivity index (χ1n) is 7.64. The average molecular weight is 316 g/mol. The third kappa shape index (κ3) is 3.29. The van der Waals surface area contributed by atoms with Crippen LogP contribution in [0.25, 0.3) is 10.9 Å². The molecule has 2 amide bonds.